The van der Waals surface area contributed by atoms with Crippen molar-refractivity contribution < 1.29 is 17.9 Å². The quantitative estimate of drug-likeness (QED) is 0.857. The van der Waals surface area contributed by atoms with Crippen LogP contribution in [0.3, 0.4) is 0 Å². The van der Waals surface area contributed by atoms with Gasteiger partial charge >= 0.3 is 0 Å². The lowest BCUT2D eigenvalue weighted by molar-refractivity contribution is -0.123. The van der Waals surface area contributed by atoms with Gasteiger partial charge in [-0.1, -0.05) is 6.07 Å². The van der Waals surface area contributed by atoms with E-state index in [1.165, 1.54) is 10.6 Å². The largest absolute Gasteiger partial charge is 0.373 e. The molecule has 3 rings (SSSR count). The molecule has 8 heteroatoms. The van der Waals surface area contributed by atoms with Gasteiger partial charge in [-0.05, 0) is 17.9 Å². The fraction of sp³-hybridized carbons (Fsp3) is 0.643. The maximum absolute atomic E-state index is 11.9. The summed E-state index contributed by atoms with van der Waals surface area (Å²) < 4.78 is 30.4. The number of rotatable bonds is 5. The SMILES string of the molecule is CS(=O)(=O)N1C[C@@H]2C[C@@H](CC(=O)NCc3cccs3)O[C@@H]2C1. The lowest BCUT2D eigenvalue weighted by atomic mass is 10.0. The maximum atomic E-state index is 11.9. The van der Waals surface area contributed by atoms with Gasteiger partial charge in [0, 0.05) is 23.9 Å². The maximum Gasteiger partial charge on any atom is 0.222 e. The van der Waals surface area contributed by atoms with Crippen LogP contribution in [0.5, 0.6) is 0 Å². The van der Waals surface area contributed by atoms with Gasteiger partial charge in [-0.25, -0.2) is 8.42 Å². The van der Waals surface area contributed by atoms with Crippen molar-refractivity contribution >= 4 is 27.3 Å². The molecule has 3 heterocycles. The van der Waals surface area contributed by atoms with E-state index < -0.39 is 10.0 Å². The summed E-state index contributed by atoms with van der Waals surface area (Å²) in [6.45, 7) is 1.48. The number of thiophene rings is 1. The van der Waals surface area contributed by atoms with Crippen LogP contribution in [0.1, 0.15) is 17.7 Å². The summed E-state index contributed by atoms with van der Waals surface area (Å²) in [5.74, 6) is 0.197. The normalized spacial score (nSPS) is 28.7. The first-order valence-corrected chi connectivity index (χ1v) is 10.0. The standard InChI is InChI=1S/C14H20N2O4S2/c1-22(18,19)16-8-10-5-11(20-13(10)9-16)6-14(17)15-7-12-3-2-4-21-12/h2-4,10-11,13H,5-9H2,1H3,(H,15,17)/t10-,11-,13+/m0/s1. The molecule has 1 aromatic rings. The molecule has 22 heavy (non-hydrogen) atoms. The zero-order valence-corrected chi connectivity index (χ0v) is 14.0. The molecule has 0 radical (unpaired) electrons. The van der Waals surface area contributed by atoms with E-state index in [9.17, 15) is 13.2 Å². The van der Waals surface area contributed by atoms with E-state index in [1.54, 1.807) is 11.3 Å². The second-order valence-electron chi connectivity index (χ2n) is 5.93. The van der Waals surface area contributed by atoms with Crippen LogP contribution >= 0.6 is 11.3 Å². The highest BCUT2D eigenvalue weighted by Crippen LogP contribution is 2.35. The third-order valence-corrected chi connectivity index (χ3v) is 6.31. The Labute approximate surface area is 134 Å². The van der Waals surface area contributed by atoms with E-state index in [1.807, 2.05) is 17.5 Å². The summed E-state index contributed by atoms with van der Waals surface area (Å²) in [5, 5.41) is 4.88. The minimum absolute atomic E-state index is 0.0154. The van der Waals surface area contributed by atoms with E-state index in [4.69, 9.17) is 4.74 Å². The van der Waals surface area contributed by atoms with Gasteiger partial charge in [-0.15, -0.1) is 11.3 Å². The van der Waals surface area contributed by atoms with E-state index in [-0.39, 0.29) is 24.0 Å². The highest BCUT2D eigenvalue weighted by atomic mass is 32.2. The number of carbonyl (C=O) groups excluding carboxylic acids is 1. The molecule has 0 spiro atoms. The van der Waals surface area contributed by atoms with Crippen molar-refractivity contribution in [2.45, 2.75) is 31.6 Å². The van der Waals surface area contributed by atoms with Crippen LogP contribution in [0.2, 0.25) is 0 Å². The summed E-state index contributed by atoms with van der Waals surface area (Å²) in [4.78, 5) is 13.1. The topological polar surface area (TPSA) is 75.7 Å². The van der Waals surface area contributed by atoms with Gasteiger partial charge in [0.1, 0.15) is 0 Å². The Morgan fingerprint density at radius 1 is 1.50 bits per heavy atom. The smallest absolute Gasteiger partial charge is 0.222 e. The molecule has 2 aliphatic rings. The summed E-state index contributed by atoms with van der Waals surface area (Å²) in [7, 11) is -3.14. The molecule has 2 saturated heterocycles. The van der Waals surface area contributed by atoms with Crippen molar-refractivity contribution in [3.63, 3.8) is 0 Å². The van der Waals surface area contributed by atoms with Crippen LogP contribution in [0.4, 0.5) is 0 Å². The molecule has 6 nitrogen and oxygen atoms in total. The zero-order valence-electron chi connectivity index (χ0n) is 12.4. The first-order chi connectivity index (χ1) is 10.4. The molecule has 0 unspecified atom stereocenters. The second kappa shape index (κ2) is 6.27. The summed E-state index contributed by atoms with van der Waals surface area (Å²) in [6.07, 6.45) is 2.16. The number of nitrogens with zero attached hydrogens (tertiary/aromatic N) is 1. The van der Waals surface area contributed by atoms with Crippen molar-refractivity contribution in [2.24, 2.45) is 5.92 Å². The number of amides is 1. The van der Waals surface area contributed by atoms with Gasteiger partial charge in [0.05, 0.1) is 31.4 Å². The summed E-state index contributed by atoms with van der Waals surface area (Å²) in [6, 6.07) is 3.95. The fourth-order valence-electron chi connectivity index (χ4n) is 3.10. The molecule has 1 amide bonds. The van der Waals surface area contributed by atoms with Crippen LogP contribution in [-0.2, 0) is 26.1 Å². The second-order valence-corrected chi connectivity index (χ2v) is 8.95. The Kier molecular flexibility index (Phi) is 4.54. The molecule has 2 fully saturated rings. The van der Waals surface area contributed by atoms with Gasteiger partial charge in [0.15, 0.2) is 0 Å². The number of nitrogens with one attached hydrogen (secondary N) is 1. The van der Waals surface area contributed by atoms with Crippen LogP contribution in [0, 0.1) is 5.92 Å². The van der Waals surface area contributed by atoms with E-state index in [0.29, 0.717) is 26.1 Å². The molecule has 0 bridgehead atoms. The average molecular weight is 344 g/mol. The molecule has 3 atom stereocenters. The van der Waals surface area contributed by atoms with Crippen LogP contribution in [-0.4, -0.2) is 50.2 Å². The predicted molar refractivity (Wildman–Crippen MR) is 84.0 cm³/mol. The van der Waals surface area contributed by atoms with Crippen LogP contribution in [0.15, 0.2) is 17.5 Å². The lowest BCUT2D eigenvalue weighted by Gasteiger charge is -2.17. The van der Waals surface area contributed by atoms with Crippen LogP contribution < -0.4 is 5.32 Å². The van der Waals surface area contributed by atoms with Gasteiger partial charge in [-0.3, -0.25) is 4.79 Å². The third kappa shape index (κ3) is 3.68. The minimum atomic E-state index is -3.14. The minimum Gasteiger partial charge on any atom is -0.373 e. The average Bonchev–Trinajstić information content (AvgIpc) is 3.10. The molecule has 2 aliphatic heterocycles. The van der Waals surface area contributed by atoms with Gasteiger partial charge in [0.2, 0.25) is 15.9 Å². The van der Waals surface area contributed by atoms with Gasteiger partial charge < -0.3 is 10.1 Å². The Bertz CT molecular complexity index is 615. The van der Waals surface area contributed by atoms with Crippen molar-refractivity contribution in [1.29, 1.82) is 0 Å². The highest BCUT2D eigenvalue weighted by Gasteiger charge is 2.44. The first kappa shape index (κ1) is 15.9. The van der Waals surface area contributed by atoms with Crippen LogP contribution in [0.25, 0.3) is 0 Å². The Balaban J connectivity index is 1.44. The monoisotopic (exact) mass is 344 g/mol. The molecule has 1 N–H and O–H groups in total. The van der Waals surface area contributed by atoms with E-state index in [0.717, 1.165) is 11.3 Å². The van der Waals surface area contributed by atoms with Crippen molar-refractivity contribution in [1.82, 2.24) is 9.62 Å². The van der Waals surface area contributed by atoms with Gasteiger partial charge in [-0.2, -0.15) is 4.31 Å². The number of hydrogen-bond acceptors (Lipinski definition) is 5. The van der Waals surface area contributed by atoms with Crippen molar-refractivity contribution in [3.05, 3.63) is 22.4 Å². The Hall–Kier alpha value is -0.960. The predicted octanol–water partition coefficient (Wildman–Crippen LogP) is 0.803. The first-order valence-electron chi connectivity index (χ1n) is 7.31. The Morgan fingerprint density at radius 2 is 2.32 bits per heavy atom. The molecule has 0 aliphatic carbocycles. The summed E-state index contributed by atoms with van der Waals surface area (Å²) >= 11 is 1.62. The van der Waals surface area contributed by atoms with E-state index in [2.05, 4.69) is 5.32 Å². The van der Waals surface area contributed by atoms with Crippen molar-refractivity contribution in [3.8, 4) is 0 Å². The number of carbonyl (C=O) groups is 1. The number of sulfonamides is 1. The van der Waals surface area contributed by atoms with Gasteiger partial charge in [0.25, 0.3) is 0 Å². The number of hydrogen-bond donors (Lipinski definition) is 1. The molecule has 1 aromatic heterocycles. The number of ether oxygens (including phenoxy) is 1. The molecule has 0 aromatic carbocycles. The lowest BCUT2D eigenvalue weighted by Crippen LogP contribution is -2.32. The Morgan fingerprint density at radius 3 is 2.95 bits per heavy atom. The zero-order chi connectivity index (χ0) is 15.7. The molecular weight excluding hydrogens is 324 g/mol. The van der Waals surface area contributed by atoms with E-state index >= 15 is 0 Å². The molecule has 0 saturated carbocycles. The highest BCUT2D eigenvalue weighted by molar-refractivity contribution is 7.88. The van der Waals surface area contributed by atoms with Crippen molar-refractivity contribution in [2.75, 3.05) is 19.3 Å². The fourth-order valence-corrected chi connectivity index (χ4v) is 4.63. The number of fused-ring (bicyclic) bond motifs is 1. The molecule has 122 valence electrons. The summed E-state index contributed by atoms with van der Waals surface area (Å²) in [5.41, 5.74) is 0. The third-order valence-electron chi connectivity index (χ3n) is 4.20. The molecular formula is C14H20N2O4S2.